The number of aromatic nitrogens is 2. The van der Waals surface area contributed by atoms with Gasteiger partial charge in [-0.2, -0.15) is 10.2 Å². The van der Waals surface area contributed by atoms with Gasteiger partial charge in [-0.3, -0.25) is 0 Å². The fraction of sp³-hybridized carbons (Fsp3) is 0.0833. The predicted octanol–water partition coefficient (Wildman–Crippen LogP) is 1.73. The summed E-state index contributed by atoms with van der Waals surface area (Å²) in [6.07, 6.45) is 1.49. The van der Waals surface area contributed by atoms with Crippen LogP contribution < -0.4 is 15.2 Å². The van der Waals surface area contributed by atoms with E-state index in [1.807, 2.05) is 6.07 Å². The van der Waals surface area contributed by atoms with Gasteiger partial charge in [0.15, 0.2) is 0 Å². The Hall–Kier alpha value is -2.81. The van der Waals surface area contributed by atoms with Crippen LogP contribution in [0.2, 0.25) is 0 Å². The third-order valence-electron chi connectivity index (χ3n) is 2.12. The molecule has 0 unspecified atom stereocenters. The molecule has 0 spiro atoms. The SMILES string of the molecule is COc1cc(C#N)cc(Oc2ccnc(N)n2)c1. The highest BCUT2D eigenvalue weighted by Crippen LogP contribution is 2.26. The van der Waals surface area contributed by atoms with Gasteiger partial charge in [-0.15, -0.1) is 0 Å². The van der Waals surface area contributed by atoms with Crippen molar-refractivity contribution in [3.63, 3.8) is 0 Å². The zero-order valence-electron chi connectivity index (χ0n) is 9.62. The Bertz CT molecular complexity index is 607. The fourth-order valence-corrected chi connectivity index (χ4v) is 1.35. The number of rotatable bonds is 3. The van der Waals surface area contributed by atoms with Gasteiger partial charge in [0.1, 0.15) is 11.5 Å². The molecule has 0 aliphatic rings. The first-order chi connectivity index (χ1) is 8.71. The van der Waals surface area contributed by atoms with E-state index in [1.165, 1.54) is 13.3 Å². The average molecular weight is 242 g/mol. The third kappa shape index (κ3) is 2.65. The molecule has 0 aliphatic heterocycles. The van der Waals surface area contributed by atoms with Crippen molar-refractivity contribution in [3.05, 3.63) is 36.0 Å². The van der Waals surface area contributed by atoms with E-state index in [-0.39, 0.29) is 5.95 Å². The molecule has 0 radical (unpaired) electrons. The maximum Gasteiger partial charge on any atom is 0.224 e. The summed E-state index contributed by atoms with van der Waals surface area (Å²) in [4.78, 5) is 7.66. The van der Waals surface area contributed by atoms with Crippen LogP contribution in [0.1, 0.15) is 5.56 Å². The molecule has 0 amide bonds. The molecule has 2 rings (SSSR count). The number of hydrogen-bond donors (Lipinski definition) is 1. The molecule has 6 nitrogen and oxygen atoms in total. The van der Waals surface area contributed by atoms with Crippen molar-refractivity contribution >= 4 is 5.95 Å². The molecule has 1 heterocycles. The maximum absolute atomic E-state index is 8.89. The van der Waals surface area contributed by atoms with Crippen LogP contribution in [-0.2, 0) is 0 Å². The molecular weight excluding hydrogens is 232 g/mol. The van der Waals surface area contributed by atoms with Gasteiger partial charge >= 0.3 is 0 Å². The standard InChI is InChI=1S/C12H10N4O2/c1-17-9-4-8(7-13)5-10(6-9)18-11-2-3-15-12(14)16-11/h2-6H,1H3,(H2,14,15,16). The van der Waals surface area contributed by atoms with E-state index in [0.717, 1.165) is 0 Å². The Labute approximate surface area is 104 Å². The Morgan fingerprint density at radius 2 is 2.06 bits per heavy atom. The smallest absolute Gasteiger partial charge is 0.224 e. The quantitative estimate of drug-likeness (QED) is 0.880. The average Bonchev–Trinajstić information content (AvgIpc) is 2.38. The number of nitriles is 1. The van der Waals surface area contributed by atoms with Crippen molar-refractivity contribution in [3.8, 4) is 23.4 Å². The van der Waals surface area contributed by atoms with Gasteiger partial charge in [0.2, 0.25) is 11.8 Å². The van der Waals surface area contributed by atoms with E-state index in [1.54, 1.807) is 24.3 Å². The maximum atomic E-state index is 8.89. The van der Waals surface area contributed by atoms with Crippen LogP contribution in [0, 0.1) is 11.3 Å². The number of hydrogen-bond acceptors (Lipinski definition) is 6. The molecule has 0 atom stereocenters. The Kier molecular flexibility index (Phi) is 3.25. The molecule has 2 aromatic rings. The molecule has 6 heteroatoms. The summed E-state index contributed by atoms with van der Waals surface area (Å²) in [6, 6.07) is 8.44. The van der Waals surface area contributed by atoms with E-state index < -0.39 is 0 Å². The first-order valence-electron chi connectivity index (χ1n) is 5.07. The van der Waals surface area contributed by atoms with E-state index in [4.69, 9.17) is 20.5 Å². The molecule has 90 valence electrons. The topological polar surface area (TPSA) is 94.0 Å². The second kappa shape index (κ2) is 5.01. The molecule has 1 aromatic heterocycles. The van der Waals surface area contributed by atoms with Crippen LogP contribution in [-0.4, -0.2) is 17.1 Å². The lowest BCUT2D eigenvalue weighted by molar-refractivity contribution is 0.407. The molecule has 0 saturated carbocycles. The highest BCUT2D eigenvalue weighted by molar-refractivity contribution is 5.45. The van der Waals surface area contributed by atoms with Gasteiger partial charge in [-0.05, 0) is 12.1 Å². The van der Waals surface area contributed by atoms with Crippen LogP contribution in [0.4, 0.5) is 5.95 Å². The number of ether oxygens (including phenoxy) is 2. The van der Waals surface area contributed by atoms with Gasteiger partial charge in [0, 0.05) is 18.3 Å². The Morgan fingerprint density at radius 1 is 1.28 bits per heavy atom. The minimum Gasteiger partial charge on any atom is -0.497 e. The third-order valence-corrected chi connectivity index (χ3v) is 2.12. The summed E-state index contributed by atoms with van der Waals surface area (Å²) in [6.45, 7) is 0. The number of methoxy groups -OCH3 is 1. The second-order valence-corrected chi connectivity index (χ2v) is 3.36. The molecular formula is C12H10N4O2. The predicted molar refractivity (Wildman–Crippen MR) is 64.2 cm³/mol. The highest BCUT2D eigenvalue weighted by atomic mass is 16.5. The Morgan fingerprint density at radius 3 is 2.72 bits per heavy atom. The van der Waals surface area contributed by atoms with Crippen LogP contribution in [0.5, 0.6) is 17.4 Å². The van der Waals surface area contributed by atoms with Crippen molar-refractivity contribution in [1.29, 1.82) is 5.26 Å². The summed E-state index contributed by atoms with van der Waals surface area (Å²) >= 11 is 0. The molecule has 0 bridgehead atoms. The molecule has 0 saturated heterocycles. The zero-order chi connectivity index (χ0) is 13.0. The molecule has 1 aromatic carbocycles. The summed E-state index contributed by atoms with van der Waals surface area (Å²) < 4.78 is 10.6. The first kappa shape index (κ1) is 11.7. The summed E-state index contributed by atoms with van der Waals surface area (Å²) in [5.74, 6) is 1.41. The van der Waals surface area contributed by atoms with Crippen LogP contribution in [0.3, 0.4) is 0 Å². The summed E-state index contributed by atoms with van der Waals surface area (Å²) in [7, 11) is 1.52. The second-order valence-electron chi connectivity index (χ2n) is 3.36. The van der Waals surface area contributed by atoms with Gasteiger partial charge < -0.3 is 15.2 Å². The van der Waals surface area contributed by atoms with E-state index >= 15 is 0 Å². The molecule has 18 heavy (non-hydrogen) atoms. The van der Waals surface area contributed by atoms with Crippen molar-refractivity contribution < 1.29 is 9.47 Å². The number of nitrogens with two attached hydrogens (primary N) is 1. The Balaban J connectivity index is 2.31. The van der Waals surface area contributed by atoms with Crippen LogP contribution >= 0.6 is 0 Å². The van der Waals surface area contributed by atoms with Crippen LogP contribution in [0.15, 0.2) is 30.5 Å². The normalized spacial score (nSPS) is 9.56. The van der Waals surface area contributed by atoms with Crippen molar-refractivity contribution in [2.24, 2.45) is 0 Å². The van der Waals surface area contributed by atoms with Gasteiger partial charge in [-0.1, -0.05) is 0 Å². The largest absolute Gasteiger partial charge is 0.497 e. The lowest BCUT2D eigenvalue weighted by Gasteiger charge is -2.07. The lowest BCUT2D eigenvalue weighted by atomic mass is 10.2. The molecule has 0 fully saturated rings. The number of nitrogens with zero attached hydrogens (tertiary/aromatic N) is 3. The lowest BCUT2D eigenvalue weighted by Crippen LogP contribution is -1.96. The molecule has 0 aliphatic carbocycles. The minimum absolute atomic E-state index is 0.121. The van der Waals surface area contributed by atoms with Gasteiger partial charge in [0.25, 0.3) is 0 Å². The number of anilines is 1. The van der Waals surface area contributed by atoms with Crippen LogP contribution in [0.25, 0.3) is 0 Å². The highest BCUT2D eigenvalue weighted by Gasteiger charge is 2.04. The van der Waals surface area contributed by atoms with Gasteiger partial charge in [-0.25, -0.2) is 4.98 Å². The minimum atomic E-state index is 0.121. The first-order valence-corrected chi connectivity index (χ1v) is 5.07. The van der Waals surface area contributed by atoms with Crippen molar-refractivity contribution in [2.45, 2.75) is 0 Å². The van der Waals surface area contributed by atoms with Crippen molar-refractivity contribution in [2.75, 3.05) is 12.8 Å². The number of nitrogen functional groups attached to an aromatic ring is 1. The summed E-state index contributed by atoms with van der Waals surface area (Å²) in [5.41, 5.74) is 5.88. The van der Waals surface area contributed by atoms with E-state index in [0.29, 0.717) is 22.9 Å². The summed E-state index contributed by atoms with van der Waals surface area (Å²) in [5, 5.41) is 8.89. The molecule has 2 N–H and O–H groups in total. The van der Waals surface area contributed by atoms with E-state index in [2.05, 4.69) is 9.97 Å². The van der Waals surface area contributed by atoms with Crippen molar-refractivity contribution in [1.82, 2.24) is 9.97 Å². The monoisotopic (exact) mass is 242 g/mol. The zero-order valence-corrected chi connectivity index (χ0v) is 9.62. The number of benzene rings is 1. The van der Waals surface area contributed by atoms with E-state index in [9.17, 15) is 0 Å². The fourth-order valence-electron chi connectivity index (χ4n) is 1.35. The van der Waals surface area contributed by atoms with Gasteiger partial charge in [0.05, 0.1) is 18.7 Å².